The zero-order valence-corrected chi connectivity index (χ0v) is 10.8. The summed E-state index contributed by atoms with van der Waals surface area (Å²) in [5.74, 6) is 0.174. The van der Waals surface area contributed by atoms with E-state index < -0.39 is 0 Å². The van der Waals surface area contributed by atoms with Crippen LogP contribution in [0.25, 0.3) is 0 Å². The molecule has 0 aromatic heterocycles. The lowest BCUT2D eigenvalue weighted by Gasteiger charge is -2.18. The Morgan fingerprint density at radius 3 is 2.41 bits per heavy atom. The van der Waals surface area contributed by atoms with Crippen LogP contribution in [0.1, 0.15) is 33.1 Å². The van der Waals surface area contributed by atoms with Crippen LogP contribution >= 0.6 is 0 Å². The van der Waals surface area contributed by atoms with Gasteiger partial charge in [0.15, 0.2) is 0 Å². The molecule has 5 nitrogen and oxygen atoms in total. The van der Waals surface area contributed by atoms with Crippen LogP contribution in [0.3, 0.4) is 0 Å². The number of amides is 2. The van der Waals surface area contributed by atoms with Crippen LogP contribution in [0.5, 0.6) is 0 Å². The Morgan fingerprint density at radius 1 is 1.24 bits per heavy atom. The summed E-state index contributed by atoms with van der Waals surface area (Å²) >= 11 is 0. The van der Waals surface area contributed by atoms with Gasteiger partial charge < -0.3 is 15.5 Å². The fraction of sp³-hybridized carbons (Fsp3) is 0.833. The molecule has 1 fully saturated rings. The van der Waals surface area contributed by atoms with Gasteiger partial charge in [0, 0.05) is 32.1 Å². The summed E-state index contributed by atoms with van der Waals surface area (Å²) in [6.07, 6.45) is 2.66. The lowest BCUT2D eigenvalue weighted by Crippen LogP contribution is -2.37. The van der Waals surface area contributed by atoms with Crippen LogP contribution in [-0.2, 0) is 9.59 Å². The molecule has 0 aliphatic heterocycles. The summed E-state index contributed by atoms with van der Waals surface area (Å²) in [5, 5.41) is 5.88. The van der Waals surface area contributed by atoms with Crippen molar-refractivity contribution in [3.63, 3.8) is 0 Å². The van der Waals surface area contributed by atoms with Crippen LogP contribution in [-0.4, -0.2) is 48.9 Å². The summed E-state index contributed by atoms with van der Waals surface area (Å²) in [6, 6.07) is 0.404. The molecule has 5 heteroatoms. The molecule has 1 aliphatic rings. The molecule has 98 valence electrons. The molecule has 0 radical (unpaired) electrons. The van der Waals surface area contributed by atoms with E-state index in [1.807, 2.05) is 13.8 Å². The van der Waals surface area contributed by atoms with Gasteiger partial charge in [0.05, 0.1) is 6.54 Å². The number of hydrogen-bond donors (Lipinski definition) is 2. The van der Waals surface area contributed by atoms with E-state index in [1.54, 1.807) is 4.90 Å². The Morgan fingerprint density at radius 2 is 1.88 bits per heavy atom. The number of rotatable bonds is 8. The maximum Gasteiger partial charge on any atom is 0.234 e. The Bertz CT molecular complexity index is 260. The Balaban J connectivity index is 2.02. The molecule has 0 aromatic carbocycles. The van der Waals surface area contributed by atoms with Gasteiger partial charge in [0.2, 0.25) is 11.8 Å². The standard InChI is InChI=1S/C12H23N3O2/c1-3-15(4-2)12(17)7-8-13-9-11(16)14-10-5-6-10/h10,13H,3-9H2,1-2H3,(H,14,16). The van der Waals surface area contributed by atoms with Crippen molar-refractivity contribution in [3.05, 3.63) is 0 Å². The molecule has 2 N–H and O–H groups in total. The average molecular weight is 241 g/mol. The molecule has 0 unspecified atom stereocenters. The predicted molar refractivity (Wildman–Crippen MR) is 66.6 cm³/mol. The third-order valence-electron chi connectivity index (χ3n) is 2.86. The summed E-state index contributed by atoms with van der Waals surface area (Å²) in [5.41, 5.74) is 0. The van der Waals surface area contributed by atoms with E-state index in [9.17, 15) is 9.59 Å². The van der Waals surface area contributed by atoms with E-state index in [-0.39, 0.29) is 11.8 Å². The maximum absolute atomic E-state index is 11.6. The normalized spacial score (nSPS) is 14.5. The number of nitrogens with zero attached hydrogens (tertiary/aromatic N) is 1. The molecule has 1 saturated carbocycles. The van der Waals surface area contributed by atoms with Crippen LogP contribution < -0.4 is 10.6 Å². The molecule has 0 aromatic rings. The third kappa shape index (κ3) is 5.68. The number of carbonyl (C=O) groups excluding carboxylic acids is 2. The van der Waals surface area contributed by atoms with Gasteiger partial charge in [-0.15, -0.1) is 0 Å². The molecule has 0 saturated heterocycles. The highest BCUT2D eigenvalue weighted by Crippen LogP contribution is 2.18. The fourth-order valence-corrected chi connectivity index (χ4v) is 1.64. The molecule has 0 heterocycles. The Hall–Kier alpha value is -1.10. The summed E-state index contributed by atoms with van der Waals surface area (Å²) in [4.78, 5) is 24.7. The summed E-state index contributed by atoms with van der Waals surface area (Å²) in [7, 11) is 0. The molecule has 17 heavy (non-hydrogen) atoms. The SMILES string of the molecule is CCN(CC)C(=O)CCNCC(=O)NC1CC1. The van der Waals surface area contributed by atoms with Gasteiger partial charge in [-0.2, -0.15) is 0 Å². The number of hydrogen-bond acceptors (Lipinski definition) is 3. The predicted octanol–water partition coefficient (Wildman–Crippen LogP) is 0.113. The van der Waals surface area contributed by atoms with E-state index in [2.05, 4.69) is 10.6 Å². The first-order valence-corrected chi connectivity index (χ1v) is 6.45. The van der Waals surface area contributed by atoms with E-state index in [0.29, 0.717) is 25.6 Å². The molecule has 2 amide bonds. The van der Waals surface area contributed by atoms with Gasteiger partial charge in [-0.25, -0.2) is 0 Å². The van der Waals surface area contributed by atoms with Crippen LogP contribution in [0.2, 0.25) is 0 Å². The van der Waals surface area contributed by atoms with Crippen molar-refractivity contribution in [2.24, 2.45) is 0 Å². The van der Waals surface area contributed by atoms with E-state index in [0.717, 1.165) is 25.9 Å². The largest absolute Gasteiger partial charge is 0.352 e. The van der Waals surface area contributed by atoms with Gasteiger partial charge in [-0.05, 0) is 26.7 Å². The summed E-state index contributed by atoms with van der Waals surface area (Å²) in [6.45, 7) is 6.31. The van der Waals surface area contributed by atoms with Crippen LogP contribution in [0.4, 0.5) is 0 Å². The zero-order valence-electron chi connectivity index (χ0n) is 10.8. The lowest BCUT2D eigenvalue weighted by molar-refractivity contribution is -0.131. The minimum atomic E-state index is 0.0304. The van der Waals surface area contributed by atoms with Gasteiger partial charge in [0.25, 0.3) is 0 Å². The van der Waals surface area contributed by atoms with Crippen LogP contribution in [0, 0.1) is 0 Å². The number of nitrogens with one attached hydrogen (secondary N) is 2. The minimum absolute atomic E-state index is 0.0304. The van der Waals surface area contributed by atoms with Gasteiger partial charge in [0.1, 0.15) is 0 Å². The highest BCUT2D eigenvalue weighted by Gasteiger charge is 2.22. The quantitative estimate of drug-likeness (QED) is 0.593. The monoisotopic (exact) mass is 241 g/mol. The van der Waals surface area contributed by atoms with Gasteiger partial charge >= 0.3 is 0 Å². The number of carbonyl (C=O) groups is 2. The highest BCUT2D eigenvalue weighted by atomic mass is 16.2. The second-order valence-electron chi connectivity index (χ2n) is 4.33. The smallest absolute Gasteiger partial charge is 0.234 e. The van der Waals surface area contributed by atoms with Crippen molar-refractivity contribution in [1.82, 2.24) is 15.5 Å². The lowest BCUT2D eigenvalue weighted by atomic mass is 10.3. The van der Waals surface area contributed by atoms with Crippen molar-refractivity contribution >= 4 is 11.8 Å². The highest BCUT2D eigenvalue weighted by molar-refractivity contribution is 5.79. The Kier molecular flexibility index (Phi) is 5.97. The second-order valence-corrected chi connectivity index (χ2v) is 4.33. The van der Waals surface area contributed by atoms with E-state index >= 15 is 0 Å². The van der Waals surface area contributed by atoms with Gasteiger partial charge in [-0.1, -0.05) is 0 Å². The van der Waals surface area contributed by atoms with Crippen molar-refractivity contribution < 1.29 is 9.59 Å². The van der Waals surface area contributed by atoms with Gasteiger partial charge in [-0.3, -0.25) is 9.59 Å². The first kappa shape index (κ1) is 14.0. The first-order valence-electron chi connectivity index (χ1n) is 6.45. The first-order chi connectivity index (χ1) is 8.17. The Labute approximate surface area is 103 Å². The molecule has 1 aliphatic carbocycles. The van der Waals surface area contributed by atoms with Crippen LogP contribution in [0.15, 0.2) is 0 Å². The fourth-order valence-electron chi connectivity index (χ4n) is 1.64. The molecular formula is C12H23N3O2. The zero-order chi connectivity index (χ0) is 12.7. The van der Waals surface area contributed by atoms with Crippen molar-refractivity contribution in [2.75, 3.05) is 26.2 Å². The minimum Gasteiger partial charge on any atom is -0.352 e. The summed E-state index contributed by atoms with van der Waals surface area (Å²) < 4.78 is 0. The van der Waals surface area contributed by atoms with Crippen molar-refractivity contribution in [1.29, 1.82) is 0 Å². The van der Waals surface area contributed by atoms with Crippen molar-refractivity contribution in [3.8, 4) is 0 Å². The van der Waals surface area contributed by atoms with E-state index in [1.165, 1.54) is 0 Å². The maximum atomic E-state index is 11.6. The molecule has 1 rings (SSSR count). The molecular weight excluding hydrogens is 218 g/mol. The van der Waals surface area contributed by atoms with E-state index in [4.69, 9.17) is 0 Å². The molecule has 0 bridgehead atoms. The van der Waals surface area contributed by atoms with Crippen molar-refractivity contribution in [2.45, 2.75) is 39.2 Å². The molecule has 0 atom stereocenters. The average Bonchev–Trinajstić information content (AvgIpc) is 3.10. The topological polar surface area (TPSA) is 61.4 Å². The third-order valence-corrected chi connectivity index (χ3v) is 2.86. The molecule has 0 spiro atoms. The second kappa shape index (κ2) is 7.27.